The molecule has 2 unspecified atom stereocenters. The third-order valence-corrected chi connectivity index (χ3v) is 9.21. The molecule has 1 N–H and O–H groups in total. The molecule has 193 valence electrons. The summed E-state index contributed by atoms with van der Waals surface area (Å²) in [6.45, 7) is 11.5. The van der Waals surface area contributed by atoms with Gasteiger partial charge in [0.15, 0.2) is 0 Å². The molecule has 1 aliphatic heterocycles. The highest BCUT2D eigenvalue weighted by Crippen LogP contribution is 2.46. The molecule has 0 saturated carbocycles. The molecular formula is C27H29BClFN2O3PS. The number of aromatic nitrogens is 2. The van der Waals surface area contributed by atoms with Crippen LogP contribution in [0.4, 0.5) is 4.39 Å². The number of rotatable bonds is 6. The lowest BCUT2D eigenvalue weighted by molar-refractivity contribution is 0.0782. The molecule has 0 fully saturated rings. The quantitative estimate of drug-likeness (QED) is 0.220. The molecule has 0 bridgehead atoms. The molecule has 5 rings (SSSR count). The third-order valence-electron chi connectivity index (χ3n) is 6.94. The lowest BCUT2D eigenvalue weighted by Gasteiger charge is -2.39. The molecule has 2 aromatic carbocycles. The van der Waals surface area contributed by atoms with Crippen molar-refractivity contribution in [2.75, 3.05) is 0 Å². The van der Waals surface area contributed by atoms with E-state index < -0.39 is 23.2 Å². The van der Waals surface area contributed by atoms with Crippen molar-refractivity contribution in [3.63, 3.8) is 0 Å². The number of benzene rings is 2. The molecule has 0 aliphatic carbocycles. The predicted molar refractivity (Wildman–Crippen MR) is 153 cm³/mol. The van der Waals surface area contributed by atoms with Gasteiger partial charge in [-0.15, -0.1) is 20.6 Å². The fourth-order valence-corrected chi connectivity index (χ4v) is 5.26. The summed E-state index contributed by atoms with van der Waals surface area (Å²) in [6.07, 6.45) is 1.10. The molecule has 4 aromatic rings. The highest BCUT2D eigenvalue weighted by Gasteiger charge is 2.36. The molecule has 5 nitrogen and oxygen atoms in total. The van der Waals surface area contributed by atoms with Gasteiger partial charge in [0, 0.05) is 21.8 Å². The van der Waals surface area contributed by atoms with Crippen molar-refractivity contribution in [1.29, 1.82) is 0 Å². The standard InChI is InChI=1S/C27H29BClFN2O3PS/c1-25(2,33)24-31-13-21(37-24)23-32-18-8-7-16(29)9-14(18)10-19(32)22-17(30)11-15(12-20(22)34-23)28-35-26(3,4)27(5,6)36/h7-13,23,33H,36H2,1-6H3. The Bertz CT molecular complexity index is 1510. The number of halogens is 2. The van der Waals surface area contributed by atoms with E-state index in [0.717, 1.165) is 15.8 Å². The van der Waals surface area contributed by atoms with Crippen LogP contribution in [0, 0.1) is 5.82 Å². The first-order chi connectivity index (χ1) is 17.2. The Morgan fingerprint density at radius 1 is 1.16 bits per heavy atom. The zero-order valence-corrected chi connectivity index (χ0v) is 24.3. The van der Waals surface area contributed by atoms with Gasteiger partial charge in [-0.2, -0.15) is 0 Å². The number of ether oxygens (including phenoxy) is 1. The van der Waals surface area contributed by atoms with Crippen LogP contribution in [-0.2, 0) is 10.3 Å². The topological polar surface area (TPSA) is 56.5 Å². The van der Waals surface area contributed by atoms with Gasteiger partial charge in [0.1, 0.15) is 22.2 Å². The van der Waals surface area contributed by atoms with Crippen LogP contribution in [-0.4, -0.2) is 32.9 Å². The van der Waals surface area contributed by atoms with E-state index in [4.69, 9.17) is 21.0 Å². The number of aliphatic hydroxyl groups is 1. The first-order valence-corrected chi connectivity index (χ1v) is 13.7. The van der Waals surface area contributed by atoms with Crippen molar-refractivity contribution in [3.05, 3.63) is 63.3 Å². The van der Waals surface area contributed by atoms with Crippen LogP contribution in [0.2, 0.25) is 5.02 Å². The lowest BCUT2D eigenvalue weighted by atomic mass is 9.83. The van der Waals surface area contributed by atoms with Crippen LogP contribution in [0.5, 0.6) is 5.75 Å². The summed E-state index contributed by atoms with van der Waals surface area (Å²) in [7, 11) is 4.37. The Morgan fingerprint density at radius 2 is 1.89 bits per heavy atom. The second kappa shape index (κ2) is 9.06. The van der Waals surface area contributed by atoms with Gasteiger partial charge in [0.2, 0.25) is 6.23 Å². The fraction of sp³-hybridized carbons (Fsp3) is 0.370. The van der Waals surface area contributed by atoms with Gasteiger partial charge < -0.3 is 14.5 Å². The molecule has 37 heavy (non-hydrogen) atoms. The van der Waals surface area contributed by atoms with E-state index in [-0.39, 0.29) is 5.16 Å². The monoisotopic (exact) mass is 557 g/mol. The molecule has 0 spiro atoms. The van der Waals surface area contributed by atoms with E-state index in [0.29, 0.717) is 32.5 Å². The minimum atomic E-state index is -1.09. The maximum atomic E-state index is 15.7. The first-order valence-electron chi connectivity index (χ1n) is 12.0. The van der Waals surface area contributed by atoms with Crippen LogP contribution < -0.4 is 10.2 Å². The molecule has 1 radical (unpaired) electrons. The summed E-state index contributed by atoms with van der Waals surface area (Å²) in [5.41, 5.74) is 0.878. The Kier molecular flexibility index (Phi) is 6.53. The molecule has 1 aliphatic rings. The first kappa shape index (κ1) is 26.6. The van der Waals surface area contributed by atoms with Gasteiger partial charge in [0.05, 0.1) is 27.3 Å². The number of hydrogen-bond donors (Lipinski definition) is 1. The second-order valence-corrected chi connectivity index (χ2v) is 14.0. The van der Waals surface area contributed by atoms with Crippen molar-refractivity contribution < 1.29 is 18.9 Å². The minimum Gasteiger partial charge on any atom is -0.464 e. The van der Waals surface area contributed by atoms with E-state index in [1.807, 2.05) is 36.6 Å². The zero-order valence-electron chi connectivity index (χ0n) is 21.6. The maximum Gasteiger partial charge on any atom is 0.331 e. The number of thiazole rings is 1. The summed E-state index contributed by atoms with van der Waals surface area (Å²) in [4.78, 5) is 5.22. The van der Waals surface area contributed by atoms with Crippen LogP contribution in [0.25, 0.3) is 22.2 Å². The second-order valence-electron chi connectivity index (χ2n) is 11.0. The SMILES string of the molecule is CC(C)(O)c1ncc(C2Oc3cc([B]OC(C)(C)C(C)(C)P)cc(F)c3-c3cc4cc(Cl)ccc4n32)s1. The zero-order chi connectivity index (χ0) is 26.9. The van der Waals surface area contributed by atoms with E-state index in [1.165, 1.54) is 17.4 Å². The predicted octanol–water partition coefficient (Wildman–Crippen LogP) is 6.42. The normalized spacial score (nSPS) is 15.9. The largest absolute Gasteiger partial charge is 0.464 e. The van der Waals surface area contributed by atoms with Crippen molar-refractivity contribution in [1.82, 2.24) is 9.55 Å². The van der Waals surface area contributed by atoms with Crippen molar-refractivity contribution >= 4 is 56.0 Å². The summed E-state index contributed by atoms with van der Waals surface area (Å²) in [6, 6.07) is 10.7. The molecule has 2 atom stereocenters. The Hall–Kier alpha value is -1.96. The summed E-state index contributed by atoms with van der Waals surface area (Å²) < 4.78 is 30.2. The van der Waals surface area contributed by atoms with Crippen molar-refractivity contribution in [2.24, 2.45) is 0 Å². The smallest absolute Gasteiger partial charge is 0.331 e. The number of hydrogen-bond acceptors (Lipinski definition) is 5. The van der Waals surface area contributed by atoms with Gasteiger partial charge in [-0.25, -0.2) is 9.37 Å². The van der Waals surface area contributed by atoms with Gasteiger partial charge in [0.25, 0.3) is 0 Å². The Labute approximate surface area is 228 Å². The van der Waals surface area contributed by atoms with Gasteiger partial charge in [-0.3, -0.25) is 4.57 Å². The molecular weight excluding hydrogens is 529 g/mol. The van der Waals surface area contributed by atoms with E-state index in [9.17, 15) is 5.11 Å². The van der Waals surface area contributed by atoms with E-state index >= 15 is 4.39 Å². The lowest BCUT2D eigenvalue weighted by Crippen LogP contribution is -2.45. The maximum absolute atomic E-state index is 15.7. The molecule has 3 heterocycles. The molecule has 2 aromatic heterocycles. The number of nitrogens with zero attached hydrogens (tertiary/aromatic N) is 2. The van der Waals surface area contributed by atoms with Crippen LogP contribution in [0.3, 0.4) is 0 Å². The Balaban J connectivity index is 1.63. The third kappa shape index (κ3) is 4.83. The van der Waals surface area contributed by atoms with E-state index in [1.54, 1.807) is 39.7 Å². The minimum absolute atomic E-state index is 0.204. The average molecular weight is 558 g/mol. The van der Waals surface area contributed by atoms with Crippen LogP contribution in [0.1, 0.15) is 57.7 Å². The highest BCUT2D eigenvalue weighted by atomic mass is 35.5. The van der Waals surface area contributed by atoms with Gasteiger partial charge in [-0.05, 0) is 69.6 Å². The van der Waals surface area contributed by atoms with Crippen molar-refractivity contribution in [2.45, 2.75) is 64.1 Å². The molecule has 0 amide bonds. The van der Waals surface area contributed by atoms with Gasteiger partial charge >= 0.3 is 7.48 Å². The summed E-state index contributed by atoms with van der Waals surface area (Å²) >= 11 is 7.64. The van der Waals surface area contributed by atoms with Crippen molar-refractivity contribution in [3.8, 4) is 17.0 Å². The van der Waals surface area contributed by atoms with Crippen LogP contribution in [0.15, 0.2) is 42.6 Å². The average Bonchev–Trinajstić information content (AvgIpc) is 3.41. The summed E-state index contributed by atoms with van der Waals surface area (Å²) in [5, 5.41) is 12.3. The van der Waals surface area contributed by atoms with E-state index in [2.05, 4.69) is 28.1 Å². The van der Waals surface area contributed by atoms with Crippen LogP contribution >= 0.6 is 32.2 Å². The fourth-order valence-electron chi connectivity index (χ4n) is 4.07. The van der Waals surface area contributed by atoms with Gasteiger partial charge in [-0.1, -0.05) is 25.4 Å². The molecule has 10 heteroatoms. The highest BCUT2D eigenvalue weighted by molar-refractivity contribution is 7.19. The molecule has 0 saturated heterocycles. The summed E-state index contributed by atoms with van der Waals surface area (Å²) in [5.74, 6) is -0.00669. The number of fused-ring (bicyclic) bond motifs is 5. The Morgan fingerprint density at radius 3 is 2.54 bits per heavy atom.